The van der Waals surface area contributed by atoms with Gasteiger partial charge in [-0.05, 0) is 63.5 Å². The van der Waals surface area contributed by atoms with Gasteiger partial charge in [0.1, 0.15) is 0 Å². The highest BCUT2D eigenvalue weighted by molar-refractivity contribution is 9.10. The number of anilines is 1. The second-order valence-corrected chi connectivity index (χ2v) is 10.9. The van der Waals surface area contributed by atoms with Gasteiger partial charge in [-0.25, -0.2) is 4.79 Å². The number of halogens is 2. The van der Waals surface area contributed by atoms with Gasteiger partial charge in [0.05, 0.1) is 5.56 Å². The van der Waals surface area contributed by atoms with Crippen LogP contribution in [0, 0.1) is 5.41 Å². The summed E-state index contributed by atoms with van der Waals surface area (Å²) in [5.74, 6) is -0.913. The fourth-order valence-electron chi connectivity index (χ4n) is 4.72. The number of carboxylic acids is 1. The molecule has 1 aliphatic heterocycles. The van der Waals surface area contributed by atoms with Crippen molar-refractivity contribution in [3.05, 3.63) is 69.7 Å². The number of aromatic carboxylic acids is 1. The first-order valence-corrected chi connectivity index (χ1v) is 12.4. The highest BCUT2D eigenvalue weighted by Gasteiger charge is 2.36. The molecule has 2 aromatic carbocycles. The molecule has 1 unspecified atom stereocenters. The van der Waals surface area contributed by atoms with E-state index in [9.17, 15) is 9.90 Å². The van der Waals surface area contributed by atoms with Crippen molar-refractivity contribution in [2.45, 2.75) is 32.1 Å². The normalized spacial score (nSPS) is 21.6. The zero-order valence-corrected chi connectivity index (χ0v) is 21.0. The third-order valence-corrected chi connectivity index (χ3v) is 8.19. The molecule has 170 valence electrons. The maximum absolute atomic E-state index is 11.3. The number of piperazine rings is 1. The van der Waals surface area contributed by atoms with Crippen LogP contribution in [-0.4, -0.2) is 54.1 Å². The highest BCUT2D eigenvalue weighted by Crippen LogP contribution is 2.45. The van der Waals surface area contributed by atoms with Crippen molar-refractivity contribution in [2.24, 2.45) is 5.41 Å². The van der Waals surface area contributed by atoms with Gasteiger partial charge in [0.15, 0.2) is 0 Å². The SMILES string of the molecule is CC1(C)CC(c2ccccc2)=C(CN2CCN(c3ccc(C(=O)O)c(Br)c3)CC2)CC1Cl. The first kappa shape index (κ1) is 23.3. The van der Waals surface area contributed by atoms with Crippen molar-refractivity contribution in [3.8, 4) is 0 Å². The van der Waals surface area contributed by atoms with E-state index in [2.05, 4.69) is 69.9 Å². The number of hydrogen-bond acceptors (Lipinski definition) is 3. The first-order chi connectivity index (χ1) is 15.2. The van der Waals surface area contributed by atoms with E-state index < -0.39 is 5.97 Å². The van der Waals surface area contributed by atoms with Crippen LogP contribution in [0.1, 0.15) is 42.6 Å². The predicted octanol–water partition coefficient (Wildman–Crippen LogP) is 6.15. The molecule has 0 aromatic heterocycles. The van der Waals surface area contributed by atoms with Crippen molar-refractivity contribution in [1.29, 1.82) is 0 Å². The summed E-state index contributed by atoms with van der Waals surface area (Å²) in [5, 5.41) is 9.40. The molecule has 0 spiro atoms. The van der Waals surface area contributed by atoms with Gasteiger partial charge < -0.3 is 10.0 Å². The minimum atomic E-state index is -0.913. The van der Waals surface area contributed by atoms with Crippen LogP contribution in [0.25, 0.3) is 5.57 Å². The van der Waals surface area contributed by atoms with Crippen LogP contribution in [0.2, 0.25) is 0 Å². The zero-order valence-electron chi connectivity index (χ0n) is 18.7. The standard InChI is InChI=1S/C26H30BrClN2O2/c1-26(2)16-22(18-6-4-3-5-7-18)19(14-24(26)28)17-29-10-12-30(13-11-29)20-8-9-21(25(31)32)23(27)15-20/h3-9,15,24H,10-14,16-17H2,1-2H3,(H,31,32). The Bertz CT molecular complexity index is 1010. The fourth-order valence-corrected chi connectivity index (χ4v) is 5.52. The van der Waals surface area contributed by atoms with Crippen LogP contribution in [0.15, 0.2) is 58.6 Å². The maximum atomic E-state index is 11.3. The van der Waals surface area contributed by atoms with Crippen LogP contribution >= 0.6 is 27.5 Å². The van der Waals surface area contributed by atoms with Gasteiger partial charge >= 0.3 is 5.97 Å². The molecular formula is C26H30BrClN2O2. The van der Waals surface area contributed by atoms with Crippen molar-refractivity contribution in [1.82, 2.24) is 4.90 Å². The van der Waals surface area contributed by atoms with Crippen molar-refractivity contribution < 1.29 is 9.90 Å². The number of carbonyl (C=O) groups is 1. The van der Waals surface area contributed by atoms with E-state index >= 15 is 0 Å². The average molecular weight is 518 g/mol. The summed E-state index contributed by atoms with van der Waals surface area (Å²) in [4.78, 5) is 16.1. The summed E-state index contributed by atoms with van der Waals surface area (Å²) >= 11 is 10.2. The molecule has 0 amide bonds. The molecule has 1 fully saturated rings. The molecule has 4 nitrogen and oxygen atoms in total. The summed E-state index contributed by atoms with van der Waals surface area (Å²) in [7, 11) is 0. The van der Waals surface area contributed by atoms with Crippen LogP contribution in [-0.2, 0) is 0 Å². The quantitative estimate of drug-likeness (QED) is 0.483. The molecule has 4 rings (SSSR count). The molecule has 1 N–H and O–H groups in total. The van der Waals surface area contributed by atoms with E-state index in [-0.39, 0.29) is 10.8 Å². The fraction of sp³-hybridized carbons (Fsp3) is 0.423. The number of allylic oxidation sites excluding steroid dienone is 1. The molecule has 32 heavy (non-hydrogen) atoms. The summed E-state index contributed by atoms with van der Waals surface area (Å²) < 4.78 is 0.626. The lowest BCUT2D eigenvalue weighted by Crippen LogP contribution is -2.47. The van der Waals surface area contributed by atoms with Crippen LogP contribution < -0.4 is 4.90 Å². The number of nitrogens with zero attached hydrogens (tertiary/aromatic N) is 2. The molecule has 1 aliphatic carbocycles. The molecule has 1 saturated heterocycles. The molecule has 1 heterocycles. The Morgan fingerprint density at radius 1 is 1.12 bits per heavy atom. The molecule has 0 radical (unpaired) electrons. The largest absolute Gasteiger partial charge is 0.478 e. The van der Waals surface area contributed by atoms with E-state index in [1.807, 2.05) is 12.1 Å². The molecule has 6 heteroatoms. The number of hydrogen-bond donors (Lipinski definition) is 1. The van der Waals surface area contributed by atoms with Gasteiger partial charge in [-0.1, -0.05) is 49.8 Å². The lowest BCUT2D eigenvalue weighted by molar-refractivity contribution is 0.0696. The molecule has 0 bridgehead atoms. The topological polar surface area (TPSA) is 43.8 Å². The molecule has 2 aromatic rings. The van der Waals surface area contributed by atoms with E-state index in [4.69, 9.17) is 11.6 Å². The lowest BCUT2D eigenvalue weighted by atomic mass is 9.72. The van der Waals surface area contributed by atoms with E-state index in [0.717, 1.165) is 51.3 Å². The Balaban J connectivity index is 1.47. The number of benzene rings is 2. The maximum Gasteiger partial charge on any atom is 0.336 e. The van der Waals surface area contributed by atoms with Crippen LogP contribution in [0.5, 0.6) is 0 Å². The van der Waals surface area contributed by atoms with Crippen molar-refractivity contribution in [2.75, 3.05) is 37.6 Å². The monoisotopic (exact) mass is 516 g/mol. The minimum Gasteiger partial charge on any atom is -0.478 e. The Hall–Kier alpha value is -1.82. The van der Waals surface area contributed by atoms with Gasteiger partial charge in [0, 0.05) is 48.3 Å². The van der Waals surface area contributed by atoms with Gasteiger partial charge in [-0.15, -0.1) is 11.6 Å². The summed E-state index contributed by atoms with van der Waals surface area (Å²) in [6, 6.07) is 16.2. The minimum absolute atomic E-state index is 0.0877. The lowest BCUT2D eigenvalue weighted by Gasteiger charge is -2.41. The van der Waals surface area contributed by atoms with Crippen molar-refractivity contribution in [3.63, 3.8) is 0 Å². The third-order valence-electron chi connectivity index (χ3n) is 6.79. The second kappa shape index (κ2) is 9.58. The van der Waals surface area contributed by atoms with Gasteiger partial charge in [0.2, 0.25) is 0 Å². The third kappa shape index (κ3) is 5.05. The van der Waals surface area contributed by atoms with E-state index in [1.54, 1.807) is 6.07 Å². The van der Waals surface area contributed by atoms with Crippen LogP contribution in [0.3, 0.4) is 0 Å². The van der Waals surface area contributed by atoms with Crippen LogP contribution in [0.4, 0.5) is 5.69 Å². The number of rotatable bonds is 5. The van der Waals surface area contributed by atoms with Crippen molar-refractivity contribution >= 4 is 44.8 Å². The zero-order chi connectivity index (χ0) is 22.9. The predicted molar refractivity (Wildman–Crippen MR) is 136 cm³/mol. The number of alkyl halides is 1. The van der Waals surface area contributed by atoms with E-state index in [1.165, 1.54) is 16.7 Å². The smallest absolute Gasteiger partial charge is 0.336 e. The Labute approximate surface area is 204 Å². The highest BCUT2D eigenvalue weighted by atomic mass is 79.9. The summed E-state index contributed by atoms with van der Waals surface area (Å²) in [5.41, 5.74) is 5.70. The molecule has 1 atom stereocenters. The Morgan fingerprint density at radius 2 is 1.81 bits per heavy atom. The number of carboxylic acid groups (broad SMARTS) is 1. The first-order valence-electron chi connectivity index (χ1n) is 11.1. The molecule has 0 saturated carbocycles. The Morgan fingerprint density at radius 3 is 2.44 bits per heavy atom. The summed E-state index contributed by atoms with van der Waals surface area (Å²) in [6.45, 7) is 9.29. The second-order valence-electron chi connectivity index (χ2n) is 9.52. The summed E-state index contributed by atoms with van der Waals surface area (Å²) in [6.07, 6.45) is 1.94. The molecular weight excluding hydrogens is 488 g/mol. The van der Waals surface area contributed by atoms with E-state index in [0.29, 0.717) is 10.0 Å². The average Bonchev–Trinajstić information content (AvgIpc) is 2.77. The van der Waals surface area contributed by atoms with Gasteiger partial charge in [0.25, 0.3) is 0 Å². The Kier molecular flexibility index (Phi) is 6.99. The van der Waals surface area contributed by atoms with Gasteiger partial charge in [-0.2, -0.15) is 0 Å². The molecule has 2 aliphatic rings. The van der Waals surface area contributed by atoms with Gasteiger partial charge in [-0.3, -0.25) is 4.90 Å².